The first-order valence-corrected chi connectivity index (χ1v) is 5.94. The minimum Gasteiger partial charge on any atom is -0.495 e. The summed E-state index contributed by atoms with van der Waals surface area (Å²) in [6.45, 7) is 1.14. The summed E-state index contributed by atoms with van der Waals surface area (Å²) in [4.78, 5) is 13.8. The van der Waals surface area contributed by atoms with E-state index in [0.717, 1.165) is 30.8 Å². The Kier molecular flexibility index (Phi) is 3.64. The van der Waals surface area contributed by atoms with Crippen molar-refractivity contribution in [1.29, 1.82) is 0 Å². The number of anilines is 1. The zero-order chi connectivity index (χ0) is 12.3. The van der Waals surface area contributed by atoms with Crippen molar-refractivity contribution in [3.8, 4) is 5.75 Å². The first-order chi connectivity index (χ1) is 8.27. The van der Waals surface area contributed by atoms with Crippen LogP contribution >= 0.6 is 0 Å². The Bertz CT molecular complexity index is 404. The summed E-state index contributed by atoms with van der Waals surface area (Å²) in [7, 11) is 1.63. The van der Waals surface area contributed by atoms with E-state index in [9.17, 15) is 4.79 Å². The molecule has 1 aromatic carbocycles. The fourth-order valence-corrected chi connectivity index (χ4v) is 2.29. The van der Waals surface area contributed by atoms with Crippen molar-refractivity contribution in [3.63, 3.8) is 0 Å². The summed E-state index contributed by atoms with van der Waals surface area (Å²) < 4.78 is 5.35. The lowest BCUT2D eigenvalue weighted by Gasteiger charge is -2.30. The van der Waals surface area contributed by atoms with Crippen LogP contribution in [0.1, 0.15) is 18.4 Å². The topological polar surface area (TPSA) is 55.6 Å². The van der Waals surface area contributed by atoms with Crippen LogP contribution in [0.15, 0.2) is 18.2 Å². The van der Waals surface area contributed by atoms with Gasteiger partial charge in [-0.15, -0.1) is 0 Å². The number of ether oxygens (including phenoxy) is 1. The first kappa shape index (κ1) is 11.9. The average Bonchev–Trinajstić information content (AvgIpc) is 2.37. The molecule has 4 heteroatoms. The quantitative estimate of drug-likeness (QED) is 0.858. The third-order valence-corrected chi connectivity index (χ3v) is 3.06. The molecule has 2 rings (SSSR count). The van der Waals surface area contributed by atoms with Gasteiger partial charge in [0.15, 0.2) is 0 Å². The Hall–Kier alpha value is -1.55. The molecule has 0 saturated carbocycles. The van der Waals surface area contributed by atoms with E-state index < -0.39 is 0 Å². The number of aryl methyl sites for hydroxylation is 1. The lowest BCUT2D eigenvalue weighted by molar-refractivity contribution is -0.118. The molecule has 1 aromatic rings. The number of hydrogen-bond donors (Lipinski definition) is 1. The van der Waals surface area contributed by atoms with Crippen LogP contribution in [-0.2, 0) is 11.2 Å². The number of carbonyl (C=O) groups excluding carboxylic acids is 1. The van der Waals surface area contributed by atoms with Gasteiger partial charge < -0.3 is 15.4 Å². The van der Waals surface area contributed by atoms with Crippen molar-refractivity contribution in [2.75, 3.05) is 25.1 Å². The third-order valence-electron chi connectivity index (χ3n) is 3.06. The van der Waals surface area contributed by atoms with Gasteiger partial charge in [-0.25, -0.2) is 0 Å². The van der Waals surface area contributed by atoms with Crippen molar-refractivity contribution < 1.29 is 9.53 Å². The number of benzene rings is 1. The summed E-state index contributed by atoms with van der Waals surface area (Å²) >= 11 is 0. The number of para-hydroxylation sites is 1. The van der Waals surface area contributed by atoms with Gasteiger partial charge in [-0.1, -0.05) is 12.1 Å². The number of amides is 1. The van der Waals surface area contributed by atoms with Crippen molar-refractivity contribution in [2.45, 2.75) is 19.3 Å². The summed E-state index contributed by atoms with van der Waals surface area (Å²) in [6.07, 6.45) is 2.38. The molecule has 0 spiro atoms. The van der Waals surface area contributed by atoms with E-state index in [-0.39, 0.29) is 5.91 Å². The number of fused-ring (bicyclic) bond motifs is 1. The van der Waals surface area contributed by atoms with Crippen LogP contribution in [0.3, 0.4) is 0 Å². The van der Waals surface area contributed by atoms with Crippen molar-refractivity contribution in [2.24, 2.45) is 5.73 Å². The third kappa shape index (κ3) is 2.26. The highest BCUT2D eigenvalue weighted by molar-refractivity contribution is 5.96. The lowest BCUT2D eigenvalue weighted by atomic mass is 10.0. The van der Waals surface area contributed by atoms with Gasteiger partial charge in [0.2, 0.25) is 5.91 Å². The highest BCUT2D eigenvalue weighted by atomic mass is 16.5. The predicted molar refractivity (Wildman–Crippen MR) is 67.3 cm³/mol. The smallest absolute Gasteiger partial charge is 0.228 e. The largest absolute Gasteiger partial charge is 0.495 e. The number of nitrogens with two attached hydrogens (primary N) is 1. The molecule has 4 nitrogen and oxygen atoms in total. The van der Waals surface area contributed by atoms with Gasteiger partial charge in [-0.05, 0) is 24.5 Å². The predicted octanol–water partition coefficient (Wildman–Crippen LogP) is 1.32. The Labute approximate surface area is 101 Å². The summed E-state index contributed by atoms with van der Waals surface area (Å²) in [5.41, 5.74) is 7.56. The van der Waals surface area contributed by atoms with Crippen LogP contribution in [0.2, 0.25) is 0 Å². The molecule has 0 unspecified atom stereocenters. The molecule has 0 aromatic heterocycles. The molecule has 0 bridgehead atoms. The minimum atomic E-state index is 0.0814. The molecule has 0 saturated heterocycles. The molecule has 0 radical (unpaired) electrons. The number of nitrogens with zero attached hydrogens (tertiary/aromatic N) is 1. The highest BCUT2D eigenvalue weighted by Gasteiger charge is 2.24. The summed E-state index contributed by atoms with van der Waals surface area (Å²) in [6, 6.07) is 5.92. The van der Waals surface area contributed by atoms with Crippen molar-refractivity contribution >= 4 is 11.6 Å². The van der Waals surface area contributed by atoms with Gasteiger partial charge in [-0.3, -0.25) is 4.79 Å². The summed E-state index contributed by atoms with van der Waals surface area (Å²) in [5, 5.41) is 0. The standard InChI is InChI=1S/C13H18N2O2/c1-17-11-6-2-4-10-5-3-9-15(13(10)11)12(16)7-8-14/h2,4,6H,3,5,7-9,14H2,1H3. The van der Waals surface area contributed by atoms with Gasteiger partial charge in [0, 0.05) is 19.5 Å². The number of rotatable bonds is 3. The highest BCUT2D eigenvalue weighted by Crippen LogP contribution is 2.36. The fraction of sp³-hybridized carbons (Fsp3) is 0.462. The number of carbonyl (C=O) groups is 1. The van der Waals surface area contributed by atoms with E-state index in [4.69, 9.17) is 10.5 Å². The maximum atomic E-state index is 12.0. The molecular weight excluding hydrogens is 216 g/mol. The second-order valence-corrected chi connectivity index (χ2v) is 4.16. The van der Waals surface area contributed by atoms with Gasteiger partial charge in [-0.2, -0.15) is 0 Å². The van der Waals surface area contributed by atoms with Crippen LogP contribution in [0.25, 0.3) is 0 Å². The van der Waals surface area contributed by atoms with Crippen LogP contribution in [-0.4, -0.2) is 26.1 Å². The van der Waals surface area contributed by atoms with E-state index in [1.54, 1.807) is 7.11 Å². The molecular formula is C13H18N2O2. The normalized spacial score (nSPS) is 14.4. The molecule has 1 amide bonds. The Morgan fingerprint density at radius 1 is 1.53 bits per heavy atom. The van der Waals surface area contributed by atoms with E-state index in [1.165, 1.54) is 5.56 Å². The Balaban J connectivity index is 2.38. The number of methoxy groups -OCH3 is 1. The van der Waals surface area contributed by atoms with Crippen LogP contribution in [0.4, 0.5) is 5.69 Å². The molecule has 0 atom stereocenters. The lowest BCUT2D eigenvalue weighted by Crippen LogP contribution is -2.36. The SMILES string of the molecule is COc1cccc2c1N(C(=O)CCN)CCC2. The monoisotopic (exact) mass is 234 g/mol. The minimum absolute atomic E-state index is 0.0814. The first-order valence-electron chi connectivity index (χ1n) is 5.94. The van der Waals surface area contributed by atoms with Gasteiger partial charge in [0.25, 0.3) is 0 Å². The average molecular weight is 234 g/mol. The van der Waals surface area contributed by atoms with Crippen molar-refractivity contribution in [3.05, 3.63) is 23.8 Å². The molecule has 1 aliphatic rings. The maximum Gasteiger partial charge on any atom is 0.228 e. The second kappa shape index (κ2) is 5.19. The van der Waals surface area contributed by atoms with E-state index in [1.807, 2.05) is 17.0 Å². The van der Waals surface area contributed by atoms with Gasteiger partial charge >= 0.3 is 0 Å². The van der Waals surface area contributed by atoms with Crippen LogP contribution in [0, 0.1) is 0 Å². The van der Waals surface area contributed by atoms with Gasteiger partial charge in [0.1, 0.15) is 5.75 Å². The van der Waals surface area contributed by atoms with Crippen molar-refractivity contribution in [1.82, 2.24) is 0 Å². The molecule has 1 aliphatic heterocycles. The molecule has 2 N–H and O–H groups in total. The maximum absolute atomic E-state index is 12.0. The molecule has 0 fully saturated rings. The van der Waals surface area contributed by atoms with Gasteiger partial charge in [0.05, 0.1) is 12.8 Å². The molecule has 17 heavy (non-hydrogen) atoms. The van der Waals surface area contributed by atoms with E-state index >= 15 is 0 Å². The zero-order valence-corrected chi connectivity index (χ0v) is 10.1. The van der Waals surface area contributed by atoms with E-state index in [2.05, 4.69) is 6.07 Å². The summed E-state index contributed by atoms with van der Waals surface area (Å²) in [5.74, 6) is 0.852. The second-order valence-electron chi connectivity index (χ2n) is 4.16. The zero-order valence-electron chi connectivity index (χ0n) is 10.1. The molecule has 0 aliphatic carbocycles. The molecule has 1 heterocycles. The van der Waals surface area contributed by atoms with Crippen LogP contribution < -0.4 is 15.4 Å². The van der Waals surface area contributed by atoms with E-state index in [0.29, 0.717) is 13.0 Å². The Morgan fingerprint density at radius 2 is 2.35 bits per heavy atom. The Morgan fingerprint density at radius 3 is 3.06 bits per heavy atom. The number of hydrogen-bond acceptors (Lipinski definition) is 3. The van der Waals surface area contributed by atoms with Crippen LogP contribution in [0.5, 0.6) is 5.75 Å². The fourth-order valence-electron chi connectivity index (χ4n) is 2.29. The molecule has 92 valence electrons.